The van der Waals surface area contributed by atoms with E-state index < -0.39 is 60.0 Å². The van der Waals surface area contributed by atoms with E-state index in [0.29, 0.717) is 5.57 Å². The van der Waals surface area contributed by atoms with E-state index in [9.17, 15) is 24.0 Å². The highest BCUT2D eigenvalue weighted by Gasteiger charge is 2.54. The summed E-state index contributed by atoms with van der Waals surface area (Å²) in [6.07, 6.45) is 1.41. The molecule has 0 radical (unpaired) electrons. The monoisotopic (exact) mass is 567 g/mol. The summed E-state index contributed by atoms with van der Waals surface area (Å²) >= 11 is 2.29. The number of fused-ring (bicyclic) bond motifs is 1. The number of carboxylic acids is 1. The van der Waals surface area contributed by atoms with Crippen molar-refractivity contribution in [3.63, 3.8) is 0 Å². The number of hydrogen-bond acceptors (Lipinski definition) is 13. The summed E-state index contributed by atoms with van der Waals surface area (Å²) in [4.78, 5) is 71.3. The lowest BCUT2D eigenvalue weighted by molar-refractivity contribution is -0.173. The van der Waals surface area contributed by atoms with Gasteiger partial charge in [0.25, 0.3) is 11.8 Å². The quantitative estimate of drug-likeness (QED) is 0.116. The molecule has 3 heterocycles. The highest BCUT2D eigenvalue weighted by atomic mass is 32.2. The Labute approximate surface area is 224 Å². The smallest absolute Gasteiger partial charge is 0.358 e. The molecule has 0 spiro atoms. The first kappa shape index (κ1) is 28.6. The van der Waals surface area contributed by atoms with E-state index in [4.69, 9.17) is 25.2 Å². The molecule has 1 saturated heterocycles. The first-order chi connectivity index (χ1) is 17.8. The standard InChI is InChI=1S/C22H25N5O9S2/c1-5-10-7-37-18-14(17(31)27(18)15(10)19(32)34-9-35-20(33)22(2,3)4)25-16(30)13(26-36-6-12(28)29)11-8-38-21(23)24-11/h5,8,14,18H,1,6-7,9H2,2-4H3,(H2,23,24)(H,25,30)(H,28,29)/t14?,18-/m1/s1. The molecule has 0 saturated carbocycles. The van der Waals surface area contributed by atoms with Gasteiger partial charge in [0.05, 0.1) is 5.41 Å². The number of rotatable bonds is 10. The molecule has 14 nitrogen and oxygen atoms in total. The van der Waals surface area contributed by atoms with Crippen LogP contribution in [0.5, 0.6) is 0 Å². The summed E-state index contributed by atoms with van der Waals surface area (Å²) < 4.78 is 10.0. The van der Waals surface area contributed by atoms with E-state index in [2.05, 4.69) is 22.0 Å². The Morgan fingerprint density at radius 2 is 2.05 bits per heavy atom. The van der Waals surface area contributed by atoms with Crippen molar-refractivity contribution in [2.24, 2.45) is 10.6 Å². The fraction of sp³-hybridized carbons (Fsp3) is 0.409. The van der Waals surface area contributed by atoms with Gasteiger partial charge in [0.2, 0.25) is 13.4 Å². The lowest BCUT2D eigenvalue weighted by Crippen LogP contribution is -2.71. The third-order valence-electron chi connectivity index (χ3n) is 5.04. The van der Waals surface area contributed by atoms with E-state index in [1.165, 1.54) is 28.1 Å². The summed E-state index contributed by atoms with van der Waals surface area (Å²) in [5.41, 5.74) is 4.83. The van der Waals surface area contributed by atoms with E-state index >= 15 is 0 Å². The van der Waals surface area contributed by atoms with Crippen LogP contribution in [0.4, 0.5) is 5.13 Å². The number of hydrogen-bond donors (Lipinski definition) is 3. The zero-order valence-corrected chi connectivity index (χ0v) is 22.2. The largest absolute Gasteiger partial charge is 0.479 e. The Morgan fingerprint density at radius 1 is 1.34 bits per heavy atom. The maximum Gasteiger partial charge on any atom is 0.358 e. The molecule has 1 aromatic rings. The Morgan fingerprint density at radius 3 is 2.63 bits per heavy atom. The van der Waals surface area contributed by atoms with E-state index in [1.54, 1.807) is 20.8 Å². The molecule has 2 aliphatic rings. The number of allylic oxidation sites excluding steroid dienone is 1. The third-order valence-corrected chi connectivity index (χ3v) is 7.02. The normalized spacial score (nSPS) is 19.2. The maximum atomic E-state index is 13.0. The van der Waals surface area contributed by atoms with Crippen molar-refractivity contribution in [1.82, 2.24) is 15.2 Å². The Bertz CT molecular complexity index is 1230. The van der Waals surface area contributed by atoms with Gasteiger partial charge in [-0.25, -0.2) is 14.6 Å². The van der Waals surface area contributed by atoms with Crippen molar-refractivity contribution < 1.29 is 43.4 Å². The number of ether oxygens (including phenoxy) is 2. The minimum absolute atomic E-state index is 0.0261. The second kappa shape index (κ2) is 11.6. The van der Waals surface area contributed by atoms with Crippen LogP contribution in [0.15, 0.2) is 34.5 Å². The van der Waals surface area contributed by atoms with Crippen LogP contribution in [0.25, 0.3) is 0 Å². The molecule has 2 amide bonds. The van der Waals surface area contributed by atoms with Gasteiger partial charge in [-0.2, -0.15) is 0 Å². The zero-order chi connectivity index (χ0) is 28.2. The number of anilines is 1. The molecule has 0 aromatic carbocycles. The molecule has 204 valence electrons. The average Bonchev–Trinajstić information content (AvgIpc) is 3.28. The lowest BCUT2D eigenvalue weighted by atomic mass is 9.98. The molecule has 1 unspecified atom stereocenters. The third kappa shape index (κ3) is 6.31. The van der Waals surface area contributed by atoms with Gasteiger partial charge < -0.3 is 30.5 Å². The number of esters is 2. The maximum absolute atomic E-state index is 13.0. The summed E-state index contributed by atoms with van der Waals surface area (Å²) in [7, 11) is 0. The Kier molecular flexibility index (Phi) is 8.78. The number of amides is 2. The van der Waals surface area contributed by atoms with Crippen LogP contribution < -0.4 is 11.1 Å². The van der Waals surface area contributed by atoms with Gasteiger partial charge in [0.15, 0.2) is 10.8 Å². The molecule has 2 aliphatic heterocycles. The summed E-state index contributed by atoms with van der Waals surface area (Å²) in [5, 5.41) is 15.7. The molecular weight excluding hydrogens is 542 g/mol. The number of nitrogens with zero attached hydrogens (tertiary/aromatic N) is 3. The molecule has 3 rings (SSSR count). The van der Waals surface area contributed by atoms with Crippen molar-refractivity contribution in [3.05, 3.63) is 35.0 Å². The second-order valence-corrected chi connectivity index (χ2v) is 10.8. The van der Waals surface area contributed by atoms with Gasteiger partial charge in [0, 0.05) is 11.1 Å². The van der Waals surface area contributed by atoms with E-state index in [0.717, 1.165) is 11.3 Å². The molecule has 16 heteroatoms. The minimum Gasteiger partial charge on any atom is -0.479 e. The topological polar surface area (TPSA) is 200 Å². The average molecular weight is 568 g/mol. The number of nitrogens with one attached hydrogen (secondary N) is 1. The molecular formula is C22H25N5O9S2. The van der Waals surface area contributed by atoms with Crippen molar-refractivity contribution in [1.29, 1.82) is 0 Å². The molecule has 1 fully saturated rings. The molecule has 1 aromatic heterocycles. The van der Waals surface area contributed by atoms with Gasteiger partial charge in [-0.1, -0.05) is 17.8 Å². The number of thioether (sulfide) groups is 1. The number of aliphatic carboxylic acids is 1. The second-order valence-electron chi connectivity index (χ2n) is 8.85. The van der Waals surface area contributed by atoms with Crippen molar-refractivity contribution in [2.45, 2.75) is 32.2 Å². The number of nitrogens with two attached hydrogens (primary N) is 1. The van der Waals surface area contributed by atoms with Crippen LogP contribution in [0, 0.1) is 5.41 Å². The number of carboxylic acid groups (broad SMARTS) is 1. The van der Waals surface area contributed by atoms with Crippen LogP contribution in [0.3, 0.4) is 0 Å². The molecule has 0 aliphatic carbocycles. The predicted octanol–water partition coefficient (Wildman–Crippen LogP) is 0.461. The van der Waals surface area contributed by atoms with E-state index in [1.807, 2.05) is 0 Å². The number of carbonyl (C=O) groups is 5. The predicted molar refractivity (Wildman–Crippen MR) is 135 cm³/mol. The number of β-lactam (4-membered cyclic amide) rings is 1. The Balaban J connectivity index is 1.72. The molecule has 4 N–H and O–H groups in total. The Hall–Kier alpha value is -3.92. The first-order valence-corrected chi connectivity index (χ1v) is 12.9. The molecule has 38 heavy (non-hydrogen) atoms. The van der Waals surface area contributed by atoms with Gasteiger partial charge >= 0.3 is 17.9 Å². The molecule has 2 atom stereocenters. The van der Waals surface area contributed by atoms with Crippen LogP contribution >= 0.6 is 23.1 Å². The van der Waals surface area contributed by atoms with Crippen LogP contribution in [0.2, 0.25) is 0 Å². The highest BCUT2D eigenvalue weighted by molar-refractivity contribution is 8.00. The van der Waals surface area contributed by atoms with Crippen molar-refractivity contribution in [3.8, 4) is 0 Å². The number of thiazole rings is 1. The lowest BCUT2D eigenvalue weighted by Gasteiger charge is -2.49. The summed E-state index contributed by atoms with van der Waals surface area (Å²) in [6.45, 7) is 7.15. The van der Waals surface area contributed by atoms with Gasteiger partial charge in [-0.05, 0) is 26.3 Å². The van der Waals surface area contributed by atoms with Crippen LogP contribution in [0.1, 0.15) is 26.5 Å². The zero-order valence-electron chi connectivity index (χ0n) is 20.6. The summed E-state index contributed by atoms with van der Waals surface area (Å²) in [6, 6.07) is -1.05. The first-order valence-electron chi connectivity index (χ1n) is 10.9. The van der Waals surface area contributed by atoms with E-state index in [-0.39, 0.29) is 28.0 Å². The molecule has 0 bridgehead atoms. The number of carbonyl (C=O) groups excluding carboxylic acids is 4. The van der Waals surface area contributed by atoms with Crippen LogP contribution in [-0.4, -0.2) is 81.0 Å². The van der Waals surface area contributed by atoms with Gasteiger partial charge in [-0.3, -0.25) is 19.3 Å². The SMILES string of the molecule is C=CC1=C(C(=O)OCOC(=O)C(C)(C)C)N2C(=O)C(NC(=O)C(=NOCC(=O)O)c3csc(N)n3)[C@H]2SC1. The number of oxime groups is 1. The van der Waals surface area contributed by atoms with Crippen molar-refractivity contribution in [2.75, 3.05) is 24.9 Å². The highest BCUT2D eigenvalue weighted by Crippen LogP contribution is 2.41. The number of aromatic nitrogens is 1. The number of nitrogen functional groups attached to an aromatic ring is 1. The fourth-order valence-corrected chi connectivity index (χ4v) is 5.06. The fourth-order valence-electron chi connectivity index (χ4n) is 3.17. The van der Waals surface area contributed by atoms with Gasteiger partial charge in [0.1, 0.15) is 22.8 Å². The minimum atomic E-state index is -1.31. The van der Waals surface area contributed by atoms with Gasteiger partial charge in [-0.15, -0.1) is 23.1 Å². The van der Waals surface area contributed by atoms with Crippen molar-refractivity contribution >= 4 is 63.7 Å². The van der Waals surface area contributed by atoms with Crippen LogP contribution in [-0.2, 0) is 38.3 Å². The summed E-state index contributed by atoms with van der Waals surface area (Å²) in [5.74, 6) is -3.98.